The van der Waals surface area contributed by atoms with Crippen molar-refractivity contribution in [2.24, 2.45) is 0 Å². The van der Waals surface area contributed by atoms with E-state index >= 15 is 0 Å². The second-order valence-electron chi connectivity index (χ2n) is 6.12. The number of rotatable bonds is 8. The van der Waals surface area contributed by atoms with Crippen molar-refractivity contribution in [2.45, 2.75) is 19.4 Å². The van der Waals surface area contributed by atoms with Gasteiger partial charge in [-0.15, -0.1) is 0 Å². The van der Waals surface area contributed by atoms with Crippen LogP contribution in [0.2, 0.25) is 5.02 Å². The summed E-state index contributed by atoms with van der Waals surface area (Å²) in [6.07, 6.45) is 1.02. The molecule has 0 saturated heterocycles. The molecule has 0 aliphatic carbocycles. The number of ether oxygens (including phenoxy) is 1. The lowest BCUT2D eigenvalue weighted by Gasteiger charge is -2.25. The molecule has 0 saturated carbocycles. The first kappa shape index (κ1) is 19.3. The molecule has 0 spiro atoms. The van der Waals surface area contributed by atoms with Gasteiger partial charge in [0.05, 0.1) is 6.04 Å². The lowest BCUT2D eigenvalue weighted by molar-refractivity contribution is -0.123. The quantitative estimate of drug-likeness (QED) is 0.780. The highest BCUT2D eigenvalue weighted by atomic mass is 35.5. The average Bonchev–Trinajstić information content (AvgIpc) is 2.61. The highest BCUT2D eigenvalue weighted by Gasteiger charge is 2.15. The van der Waals surface area contributed by atoms with Gasteiger partial charge in [0.2, 0.25) is 0 Å². The van der Waals surface area contributed by atoms with Crippen LogP contribution in [0.4, 0.5) is 0 Å². The molecular formula is C20H25ClN2O2. The first-order chi connectivity index (χ1) is 12.0. The van der Waals surface area contributed by atoms with E-state index in [1.54, 1.807) is 24.3 Å². The molecule has 0 aliphatic heterocycles. The van der Waals surface area contributed by atoms with Gasteiger partial charge in [-0.05, 0) is 55.9 Å². The molecule has 1 atom stereocenters. The Morgan fingerprint density at radius 1 is 1.12 bits per heavy atom. The Morgan fingerprint density at radius 2 is 1.76 bits per heavy atom. The first-order valence-corrected chi connectivity index (χ1v) is 8.77. The molecule has 2 aromatic carbocycles. The highest BCUT2D eigenvalue weighted by molar-refractivity contribution is 6.30. The van der Waals surface area contributed by atoms with E-state index in [1.807, 2.05) is 14.1 Å². The van der Waals surface area contributed by atoms with Gasteiger partial charge in [-0.25, -0.2) is 0 Å². The Morgan fingerprint density at radius 3 is 2.32 bits per heavy atom. The summed E-state index contributed by atoms with van der Waals surface area (Å²) in [5, 5.41) is 3.58. The first-order valence-electron chi connectivity index (χ1n) is 8.40. The molecule has 0 bridgehead atoms. The van der Waals surface area contributed by atoms with E-state index in [9.17, 15) is 4.79 Å². The fourth-order valence-corrected chi connectivity index (χ4v) is 2.64. The summed E-state index contributed by atoms with van der Waals surface area (Å²) in [4.78, 5) is 14.2. The zero-order valence-corrected chi connectivity index (χ0v) is 15.7. The summed E-state index contributed by atoms with van der Waals surface area (Å²) < 4.78 is 5.47. The van der Waals surface area contributed by atoms with Crippen molar-refractivity contribution in [3.63, 3.8) is 0 Å². The summed E-state index contributed by atoms with van der Waals surface area (Å²) in [6, 6.07) is 15.6. The summed E-state index contributed by atoms with van der Waals surface area (Å²) in [5.74, 6) is 0.478. The maximum absolute atomic E-state index is 12.1. The van der Waals surface area contributed by atoms with Gasteiger partial charge in [0.15, 0.2) is 6.61 Å². The fourth-order valence-electron chi connectivity index (χ4n) is 2.52. The molecule has 0 fully saturated rings. The normalized spacial score (nSPS) is 12.0. The maximum atomic E-state index is 12.1. The molecule has 1 unspecified atom stereocenters. The van der Waals surface area contributed by atoms with Crippen molar-refractivity contribution < 1.29 is 9.53 Å². The molecule has 0 aliphatic rings. The Kier molecular flexibility index (Phi) is 7.29. The van der Waals surface area contributed by atoms with Gasteiger partial charge in [0.25, 0.3) is 5.91 Å². The van der Waals surface area contributed by atoms with Crippen LogP contribution < -0.4 is 10.1 Å². The number of aryl methyl sites for hydroxylation is 1. The molecule has 2 rings (SSSR count). The lowest BCUT2D eigenvalue weighted by atomic mass is 10.0. The smallest absolute Gasteiger partial charge is 0.258 e. The van der Waals surface area contributed by atoms with Crippen LogP contribution in [0.15, 0.2) is 48.5 Å². The largest absolute Gasteiger partial charge is 0.484 e. The summed E-state index contributed by atoms with van der Waals surface area (Å²) in [7, 11) is 4.02. The fraction of sp³-hybridized carbons (Fsp3) is 0.350. The van der Waals surface area contributed by atoms with E-state index in [2.05, 4.69) is 41.4 Å². The molecule has 5 heteroatoms. The van der Waals surface area contributed by atoms with E-state index in [0.29, 0.717) is 17.3 Å². The minimum Gasteiger partial charge on any atom is -0.484 e. The van der Waals surface area contributed by atoms with E-state index < -0.39 is 0 Å². The van der Waals surface area contributed by atoms with Crippen LogP contribution in [0, 0.1) is 0 Å². The highest BCUT2D eigenvalue weighted by Crippen LogP contribution is 2.18. The van der Waals surface area contributed by atoms with Crippen molar-refractivity contribution in [3.05, 3.63) is 64.7 Å². The molecule has 1 amide bonds. The molecular weight excluding hydrogens is 336 g/mol. The van der Waals surface area contributed by atoms with Crippen LogP contribution in [0.25, 0.3) is 0 Å². The molecule has 0 aromatic heterocycles. The summed E-state index contributed by atoms with van der Waals surface area (Å²) in [6.45, 7) is 2.65. The van der Waals surface area contributed by atoms with Crippen molar-refractivity contribution in [3.8, 4) is 5.75 Å². The number of benzene rings is 2. The van der Waals surface area contributed by atoms with Crippen molar-refractivity contribution in [2.75, 3.05) is 27.2 Å². The number of nitrogens with one attached hydrogen (secondary N) is 1. The molecule has 25 heavy (non-hydrogen) atoms. The Bertz CT molecular complexity index is 669. The Balaban J connectivity index is 1.87. The van der Waals surface area contributed by atoms with Gasteiger partial charge in [0.1, 0.15) is 5.75 Å². The van der Waals surface area contributed by atoms with E-state index in [0.717, 1.165) is 6.42 Å². The van der Waals surface area contributed by atoms with Crippen LogP contribution in [0.5, 0.6) is 5.75 Å². The number of halogens is 1. The van der Waals surface area contributed by atoms with E-state index in [1.165, 1.54) is 11.1 Å². The Hall–Kier alpha value is -2.04. The molecule has 0 radical (unpaired) electrons. The number of hydrogen-bond donors (Lipinski definition) is 1. The van der Waals surface area contributed by atoms with Crippen molar-refractivity contribution >= 4 is 17.5 Å². The van der Waals surface area contributed by atoms with Crippen LogP contribution in [-0.2, 0) is 11.2 Å². The van der Waals surface area contributed by atoms with Crippen molar-refractivity contribution in [1.82, 2.24) is 10.2 Å². The number of hydrogen-bond acceptors (Lipinski definition) is 3. The number of amides is 1. The van der Waals surface area contributed by atoms with Crippen LogP contribution >= 0.6 is 11.6 Å². The molecule has 134 valence electrons. The monoisotopic (exact) mass is 360 g/mol. The predicted molar refractivity (Wildman–Crippen MR) is 102 cm³/mol. The third-order valence-corrected chi connectivity index (χ3v) is 4.32. The predicted octanol–water partition coefficient (Wildman–Crippen LogP) is 3.70. The van der Waals surface area contributed by atoms with Gasteiger partial charge in [-0.1, -0.05) is 42.8 Å². The van der Waals surface area contributed by atoms with Crippen LogP contribution in [0.3, 0.4) is 0 Å². The standard InChI is InChI=1S/C20H25ClN2O2/c1-4-15-5-7-16(8-6-15)19(23(2)3)13-22-20(24)14-25-18-11-9-17(21)10-12-18/h5-12,19H,4,13-14H2,1-3H3,(H,22,24). The number of likely N-dealkylation sites (N-methyl/N-ethyl adjacent to an activating group) is 1. The SMILES string of the molecule is CCc1ccc(C(CNC(=O)COc2ccc(Cl)cc2)N(C)C)cc1. The zero-order chi connectivity index (χ0) is 18.2. The van der Waals surface area contributed by atoms with Crippen LogP contribution in [-0.4, -0.2) is 38.1 Å². The number of carbonyl (C=O) groups excluding carboxylic acids is 1. The minimum atomic E-state index is -0.146. The van der Waals surface area contributed by atoms with Gasteiger partial charge in [0, 0.05) is 11.6 Å². The van der Waals surface area contributed by atoms with Gasteiger partial charge < -0.3 is 15.0 Å². The molecule has 0 heterocycles. The average molecular weight is 361 g/mol. The maximum Gasteiger partial charge on any atom is 0.258 e. The van der Waals surface area contributed by atoms with Crippen LogP contribution in [0.1, 0.15) is 24.1 Å². The zero-order valence-electron chi connectivity index (χ0n) is 15.0. The third kappa shape index (κ3) is 6.07. The summed E-state index contributed by atoms with van der Waals surface area (Å²) >= 11 is 5.83. The lowest BCUT2D eigenvalue weighted by Crippen LogP contribution is -2.36. The summed E-state index contributed by atoms with van der Waals surface area (Å²) in [5.41, 5.74) is 2.49. The Labute approximate surface area is 154 Å². The second-order valence-corrected chi connectivity index (χ2v) is 6.56. The topological polar surface area (TPSA) is 41.6 Å². The minimum absolute atomic E-state index is 0.0173. The van der Waals surface area contributed by atoms with Gasteiger partial charge in [-0.3, -0.25) is 4.79 Å². The van der Waals surface area contributed by atoms with Gasteiger partial charge >= 0.3 is 0 Å². The van der Waals surface area contributed by atoms with E-state index in [-0.39, 0.29) is 18.6 Å². The van der Waals surface area contributed by atoms with Crippen molar-refractivity contribution in [1.29, 1.82) is 0 Å². The molecule has 1 N–H and O–H groups in total. The third-order valence-electron chi connectivity index (χ3n) is 4.07. The molecule has 4 nitrogen and oxygen atoms in total. The van der Waals surface area contributed by atoms with Gasteiger partial charge in [-0.2, -0.15) is 0 Å². The molecule has 2 aromatic rings. The second kappa shape index (κ2) is 9.44. The number of carbonyl (C=O) groups is 1. The number of nitrogens with zero attached hydrogens (tertiary/aromatic N) is 1. The van der Waals surface area contributed by atoms with E-state index in [4.69, 9.17) is 16.3 Å².